The molecule has 0 aliphatic carbocycles. The Hall–Kier alpha value is -3.68. The molecule has 0 aliphatic heterocycles. The van der Waals surface area contributed by atoms with Crippen LogP contribution in [0.4, 0.5) is 0 Å². The molecule has 136 valence electrons. The van der Waals surface area contributed by atoms with Crippen LogP contribution in [0.5, 0.6) is 0 Å². The number of nitrogens with zero attached hydrogens (tertiary/aromatic N) is 3. The topological polar surface area (TPSA) is 118 Å². The van der Waals surface area contributed by atoms with Crippen molar-refractivity contribution >= 4 is 11.7 Å². The number of aromatic nitrogens is 4. The fourth-order valence-electron chi connectivity index (χ4n) is 2.46. The number of benzene rings is 1. The molecule has 0 bridgehead atoms. The number of amides is 1. The van der Waals surface area contributed by atoms with Gasteiger partial charge < -0.3 is 10.3 Å². The molecule has 0 saturated heterocycles. The fourth-order valence-corrected chi connectivity index (χ4v) is 2.46. The highest BCUT2D eigenvalue weighted by Gasteiger charge is 2.16. The minimum Gasteiger partial charge on any atom is -0.344 e. The maximum absolute atomic E-state index is 12.5. The molecule has 8 nitrogen and oxygen atoms in total. The predicted molar refractivity (Wildman–Crippen MR) is 98.2 cm³/mol. The van der Waals surface area contributed by atoms with Crippen molar-refractivity contribution in [2.45, 2.75) is 19.9 Å². The number of carbonyl (C=O) groups is 2. The van der Waals surface area contributed by atoms with E-state index >= 15 is 0 Å². The van der Waals surface area contributed by atoms with Gasteiger partial charge in [0.25, 0.3) is 11.5 Å². The predicted octanol–water partition coefficient (Wildman–Crippen LogP) is 1.92. The second-order valence-corrected chi connectivity index (χ2v) is 5.92. The van der Waals surface area contributed by atoms with Crippen molar-refractivity contribution in [2.75, 3.05) is 0 Å². The molecular formula is C19H17N5O3. The molecule has 3 aromatic rings. The average Bonchev–Trinajstić information content (AvgIpc) is 2.68. The van der Waals surface area contributed by atoms with E-state index in [0.717, 1.165) is 11.6 Å². The minimum atomic E-state index is -0.499. The van der Waals surface area contributed by atoms with E-state index in [1.54, 1.807) is 37.3 Å². The maximum atomic E-state index is 12.5. The molecule has 3 rings (SSSR count). The largest absolute Gasteiger partial charge is 0.344 e. The molecule has 2 heterocycles. The molecule has 0 aliphatic rings. The molecule has 8 heteroatoms. The van der Waals surface area contributed by atoms with Crippen molar-refractivity contribution < 1.29 is 9.59 Å². The van der Waals surface area contributed by atoms with Crippen LogP contribution in [0.1, 0.15) is 46.3 Å². The average molecular weight is 363 g/mol. The lowest BCUT2D eigenvalue weighted by Gasteiger charge is -2.14. The van der Waals surface area contributed by atoms with Gasteiger partial charge in [-0.3, -0.25) is 14.4 Å². The summed E-state index contributed by atoms with van der Waals surface area (Å²) < 4.78 is 0. The molecule has 0 saturated carbocycles. The van der Waals surface area contributed by atoms with Crippen LogP contribution in [0.15, 0.2) is 53.6 Å². The summed E-state index contributed by atoms with van der Waals surface area (Å²) in [5.74, 6) is -0.188. The van der Waals surface area contributed by atoms with Gasteiger partial charge in [-0.15, -0.1) is 0 Å². The Bertz CT molecular complexity index is 1030. The van der Waals surface area contributed by atoms with Gasteiger partial charge in [0.2, 0.25) is 0 Å². The number of rotatable bonds is 5. The summed E-state index contributed by atoms with van der Waals surface area (Å²) in [6.45, 7) is 3.29. The van der Waals surface area contributed by atoms with Crippen molar-refractivity contribution in [2.24, 2.45) is 0 Å². The Kier molecular flexibility index (Phi) is 5.16. The van der Waals surface area contributed by atoms with Crippen molar-refractivity contribution in [3.63, 3.8) is 0 Å². The molecular weight excluding hydrogens is 346 g/mol. The first-order chi connectivity index (χ1) is 12.9. The zero-order valence-corrected chi connectivity index (χ0v) is 14.8. The summed E-state index contributed by atoms with van der Waals surface area (Å²) in [5, 5.41) is 2.79. The van der Waals surface area contributed by atoms with Crippen LogP contribution in [0.3, 0.4) is 0 Å². The number of Topliss-reactive ketones (excluding diaryl/α,β-unsaturated/α-hetero) is 1. The van der Waals surface area contributed by atoms with Crippen LogP contribution in [0.25, 0.3) is 11.6 Å². The van der Waals surface area contributed by atoms with Gasteiger partial charge in [-0.25, -0.2) is 15.0 Å². The van der Waals surface area contributed by atoms with E-state index in [1.807, 2.05) is 0 Å². The molecule has 0 fully saturated rings. The summed E-state index contributed by atoms with van der Waals surface area (Å²) in [6, 6.07) is 9.38. The van der Waals surface area contributed by atoms with E-state index in [9.17, 15) is 14.4 Å². The Morgan fingerprint density at radius 2 is 1.78 bits per heavy atom. The highest BCUT2D eigenvalue weighted by molar-refractivity contribution is 5.94. The second-order valence-electron chi connectivity index (χ2n) is 5.92. The third-order valence-electron chi connectivity index (χ3n) is 3.92. The van der Waals surface area contributed by atoms with Gasteiger partial charge in [0, 0.05) is 24.0 Å². The summed E-state index contributed by atoms with van der Waals surface area (Å²) >= 11 is 0. The third-order valence-corrected chi connectivity index (χ3v) is 3.92. The summed E-state index contributed by atoms with van der Waals surface area (Å²) in [5.41, 5.74) is 0.912. The van der Waals surface area contributed by atoms with E-state index in [-0.39, 0.29) is 29.2 Å². The molecule has 27 heavy (non-hydrogen) atoms. The van der Waals surface area contributed by atoms with Crippen molar-refractivity contribution in [3.8, 4) is 11.6 Å². The lowest BCUT2D eigenvalue weighted by atomic mass is 10.0. The van der Waals surface area contributed by atoms with E-state index in [2.05, 4.69) is 25.3 Å². The lowest BCUT2D eigenvalue weighted by molar-refractivity contribution is 0.0933. The number of nitrogens with one attached hydrogen (secondary N) is 2. The summed E-state index contributed by atoms with van der Waals surface area (Å²) in [6.07, 6.45) is 3.03. The number of ketones is 1. The third kappa shape index (κ3) is 4.30. The number of H-pyrrole nitrogens is 1. The van der Waals surface area contributed by atoms with E-state index in [1.165, 1.54) is 19.3 Å². The summed E-state index contributed by atoms with van der Waals surface area (Å²) in [4.78, 5) is 50.5. The molecule has 1 aromatic carbocycles. The van der Waals surface area contributed by atoms with E-state index in [4.69, 9.17) is 0 Å². The van der Waals surface area contributed by atoms with Crippen LogP contribution >= 0.6 is 0 Å². The highest BCUT2D eigenvalue weighted by Crippen LogP contribution is 2.14. The number of hydrogen-bond donors (Lipinski definition) is 2. The first-order valence-corrected chi connectivity index (χ1v) is 8.24. The number of carbonyl (C=O) groups excluding carboxylic acids is 2. The first-order valence-electron chi connectivity index (χ1n) is 8.24. The molecule has 2 N–H and O–H groups in total. The Labute approximate surface area is 154 Å². The van der Waals surface area contributed by atoms with Gasteiger partial charge in [0.15, 0.2) is 17.4 Å². The van der Waals surface area contributed by atoms with Gasteiger partial charge in [-0.1, -0.05) is 24.3 Å². The van der Waals surface area contributed by atoms with Crippen molar-refractivity contribution in [3.05, 3.63) is 76.0 Å². The van der Waals surface area contributed by atoms with Gasteiger partial charge >= 0.3 is 0 Å². The molecule has 1 atom stereocenters. The van der Waals surface area contributed by atoms with Crippen LogP contribution in [0, 0.1) is 0 Å². The zero-order valence-electron chi connectivity index (χ0n) is 14.8. The Morgan fingerprint density at radius 3 is 2.41 bits per heavy atom. The molecule has 0 radical (unpaired) electrons. The van der Waals surface area contributed by atoms with Crippen molar-refractivity contribution in [1.82, 2.24) is 25.3 Å². The lowest BCUT2D eigenvalue weighted by Crippen LogP contribution is -2.29. The van der Waals surface area contributed by atoms with Crippen LogP contribution < -0.4 is 10.9 Å². The Morgan fingerprint density at radius 1 is 1.11 bits per heavy atom. The fraction of sp³-hybridized carbons (Fsp3) is 0.158. The van der Waals surface area contributed by atoms with E-state index in [0.29, 0.717) is 5.56 Å². The number of aromatic amines is 1. The zero-order chi connectivity index (χ0) is 19.4. The molecule has 2 aromatic heterocycles. The molecule has 0 spiro atoms. The monoisotopic (exact) mass is 363 g/mol. The highest BCUT2D eigenvalue weighted by atomic mass is 16.2. The standard InChI is InChI=1S/C19H17N5O3/c1-11(13-4-6-14(7-5-13)12(2)25)22-19(27)15-10-16(26)24-18(23-15)17-20-8-3-9-21-17/h3-11H,1-2H3,(H,22,27)(H,23,24,26)/t11-/m1/s1. The van der Waals surface area contributed by atoms with Gasteiger partial charge in [-0.05, 0) is 25.5 Å². The Balaban J connectivity index is 1.80. The van der Waals surface area contributed by atoms with Gasteiger partial charge in [0.1, 0.15) is 5.69 Å². The number of hydrogen-bond acceptors (Lipinski definition) is 6. The van der Waals surface area contributed by atoms with Gasteiger partial charge in [-0.2, -0.15) is 0 Å². The van der Waals surface area contributed by atoms with Crippen molar-refractivity contribution in [1.29, 1.82) is 0 Å². The van der Waals surface area contributed by atoms with E-state index < -0.39 is 11.5 Å². The smallest absolute Gasteiger partial charge is 0.270 e. The van der Waals surface area contributed by atoms with Crippen LogP contribution in [-0.2, 0) is 0 Å². The minimum absolute atomic E-state index is 0.0263. The van der Waals surface area contributed by atoms with Crippen LogP contribution in [-0.4, -0.2) is 31.6 Å². The van der Waals surface area contributed by atoms with Crippen LogP contribution in [0.2, 0.25) is 0 Å². The maximum Gasteiger partial charge on any atom is 0.270 e. The second kappa shape index (κ2) is 7.69. The summed E-state index contributed by atoms with van der Waals surface area (Å²) in [7, 11) is 0. The first kappa shape index (κ1) is 18.1. The molecule has 0 unspecified atom stereocenters. The normalized spacial score (nSPS) is 11.6. The SMILES string of the molecule is CC(=O)c1ccc([C@@H](C)NC(=O)c2cc(=O)[nH]c(-c3ncccn3)n2)cc1. The van der Waals surface area contributed by atoms with Gasteiger partial charge in [0.05, 0.1) is 6.04 Å². The molecule has 1 amide bonds. The quantitative estimate of drug-likeness (QED) is 0.669.